The van der Waals surface area contributed by atoms with Crippen LogP contribution in [0.15, 0.2) is 48.5 Å². The first-order chi connectivity index (χ1) is 11.2. The van der Waals surface area contributed by atoms with Gasteiger partial charge in [0, 0.05) is 11.8 Å². The van der Waals surface area contributed by atoms with Crippen molar-refractivity contribution in [1.82, 2.24) is 5.32 Å². The van der Waals surface area contributed by atoms with E-state index in [0.717, 1.165) is 22.7 Å². The Kier molecular flexibility index (Phi) is 6.29. The molecule has 0 heterocycles. The number of aryl methyl sites for hydroxylation is 1. The average Bonchev–Trinajstić information content (AvgIpc) is 2.55. The van der Waals surface area contributed by atoms with Crippen molar-refractivity contribution >= 4 is 11.7 Å². The van der Waals surface area contributed by atoms with Crippen LogP contribution in [0.4, 0.5) is 10.5 Å². The number of rotatable bonds is 7. The molecule has 0 saturated heterocycles. The fourth-order valence-electron chi connectivity index (χ4n) is 2.03. The summed E-state index contributed by atoms with van der Waals surface area (Å²) in [5.41, 5.74) is 1.82. The van der Waals surface area contributed by atoms with Crippen LogP contribution in [0.5, 0.6) is 11.5 Å². The van der Waals surface area contributed by atoms with Crippen molar-refractivity contribution in [2.24, 2.45) is 0 Å². The van der Waals surface area contributed by atoms with Crippen LogP contribution in [-0.4, -0.2) is 25.8 Å². The van der Waals surface area contributed by atoms with Gasteiger partial charge in [-0.25, -0.2) is 4.79 Å². The predicted octanol–water partition coefficient (Wildman–Crippen LogP) is 3.59. The Labute approximate surface area is 136 Å². The molecule has 0 saturated carbocycles. The molecule has 5 nitrogen and oxygen atoms in total. The number of amides is 2. The lowest BCUT2D eigenvalue weighted by Gasteiger charge is -2.11. The molecule has 2 aromatic rings. The van der Waals surface area contributed by atoms with Crippen molar-refractivity contribution in [1.29, 1.82) is 0 Å². The largest absolute Gasteiger partial charge is 0.494 e. The van der Waals surface area contributed by atoms with Crippen molar-refractivity contribution in [3.63, 3.8) is 0 Å². The summed E-state index contributed by atoms with van der Waals surface area (Å²) in [4.78, 5) is 11.8. The molecule has 2 N–H and O–H groups in total. The van der Waals surface area contributed by atoms with Gasteiger partial charge in [-0.15, -0.1) is 0 Å². The van der Waals surface area contributed by atoms with E-state index in [2.05, 4.69) is 10.6 Å². The Hall–Kier alpha value is -2.69. The average molecular weight is 314 g/mol. The quantitative estimate of drug-likeness (QED) is 0.768. The number of carbonyl (C=O) groups excluding carboxylic acids is 1. The van der Waals surface area contributed by atoms with Gasteiger partial charge in [-0.1, -0.05) is 24.3 Å². The van der Waals surface area contributed by atoms with E-state index < -0.39 is 0 Å². The summed E-state index contributed by atoms with van der Waals surface area (Å²) in [5.74, 6) is 1.49. The van der Waals surface area contributed by atoms with E-state index in [9.17, 15) is 4.79 Å². The van der Waals surface area contributed by atoms with Crippen LogP contribution in [0.3, 0.4) is 0 Å². The smallest absolute Gasteiger partial charge is 0.319 e. The Morgan fingerprint density at radius 1 is 1.04 bits per heavy atom. The summed E-state index contributed by atoms with van der Waals surface area (Å²) in [6, 6.07) is 14.8. The van der Waals surface area contributed by atoms with Crippen LogP contribution in [0, 0.1) is 6.92 Å². The molecule has 0 unspecified atom stereocenters. The fourth-order valence-corrected chi connectivity index (χ4v) is 2.03. The summed E-state index contributed by atoms with van der Waals surface area (Å²) in [6.45, 7) is 5.30. The number of carbonyl (C=O) groups is 1. The van der Waals surface area contributed by atoms with Gasteiger partial charge in [0.05, 0.1) is 13.2 Å². The molecule has 0 fully saturated rings. The summed E-state index contributed by atoms with van der Waals surface area (Å²) in [6.07, 6.45) is 0. The molecule has 0 bridgehead atoms. The minimum Gasteiger partial charge on any atom is -0.494 e. The van der Waals surface area contributed by atoms with Crippen LogP contribution < -0.4 is 20.1 Å². The van der Waals surface area contributed by atoms with Crippen LogP contribution in [-0.2, 0) is 0 Å². The molecule has 0 aliphatic carbocycles. The highest BCUT2D eigenvalue weighted by Gasteiger charge is 2.03. The lowest BCUT2D eigenvalue weighted by atomic mass is 10.2. The van der Waals surface area contributed by atoms with Crippen LogP contribution in [0.1, 0.15) is 12.5 Å². The molecule has 122 valence electrons. The third kappa shape index (κ3) is 5.54. The fraction of sp³-hybridized carbons (Fsp3) is 0.278. The van der Waals surface area contributed by atoms with E-state index in [-0.39, 0.29) is 6.03 Å². The Bertz CT molecular complexity index is 644. The van der Waals surface area contributed by atoms with Crippen LogP contribution in [0.2, 0.25) is 0 Å². The topological polar surface area (TPSA) is 59.6 Å². The predicted molar refractivity (Wildman–Crippen MR) is 91.3 cm³/mol. The van der Waals surface area contributed by atoms with E-state index in [1.807, 2.05) is 62.4 Å². The highest BCUT2D eigenvalue weighted by molar-refractivity contribution is 5.89. The first kappa shape index (κ1) is 16.7. The molecule has 0 aliphatic rings. The van der Waals surface area contributed by atoms with Crippen molar-refractivity contribution in [3.05, 3.63) is 54.1 Å². The number of ether oxygens (including phenoxy) is 2. The third-order valence-electron chi connectivity index (χ3n) is 3.17. The minimum atomic E-state index is -0.244. The molecule has 5 heteroatoms. The highest BCUT2D eigenvalue weighted by Crippen LogP contribution is 2.19. The summed E-state index contributed by atoms with van der Waals surface area (Å²) in [5, 5.41) is 5.57. The summed E-state index contributed by atoms with van der Waals surface area (Å²) < 4.78 is 11.0. The second-order valence-corrected chi connectivity index (χ2v) is 4.95. The number of urea groups is 1. The molecule has 0 spiro atoms. The molecule has 0 atom stereocenters. The van der Waals surface area contributed by atoms with Crippen LogP contribution in [0.25, 0.3) is 0 Å². The van der Waals surface area contributed by atoms with Gasteiger partial charge < -0.3 is 20.1 Å². The molecule has 0 aromatic heterocycles. The third-order valence-corrected chi connectivity index (χ3v) is 3.17. The van der Waals surface area contributed by atoms with Crippen molar-refractivity contribution < 1.29 is 14.3 Å². The molecule has 0 radical (unpaired) electrons. The normalized spacial score (nSPS) is 10.0. The second-order valence-electron chi connectivity index (χ2n) is 4.95. The van der Waals surface area contributed by atoms with Gasteiger partial charge in [0.15, 0.2) is 0 Å². The molecule has 0 aliphatic heterocycles. The first-order valence-corrected chi connectivity index (χ1v) is 7.65. The van der Waals surface area contributed by atoms with E-state index >= 15 is 0 Å². The van der Waals surface area contributed by atoms with Gasteiger partial charge in [0.1, 0.15) is 18.1 Å². The van der Waals surface area contributed by atoms with Crippen molar-refractivity contribution in [2.75, 3.05) is 25.1 Å². The van der Waals surface area contributed by atoms with E-state index in [0.29, 0.717) is 19.8 Å². The Balaban J connectivity index is 1.72. The van der Waals surface area contributed by atoms with E-state index in [4.69, 9.17) is 9.47 Å². The number of hydrogen-bond donors (Lipinski definition) is 2. The maximum Gasteiger partial charge on any atom is 0.319 e. The van der Waals surface area contributed by atoms with Crippen LogP contribution >= 0.6 is 0 Å². The second kappa shape index (κ2) is 8.68. The molecule has 2 rings (SSSR count). The summed E-state index contributed by atoms with van der Waals surface area (Å²) in [7, 11) is 0. The van der Waals surface area contributed by atoms with Gasteiger partial charge in [0.25, 0.3) is 0 Å². The zero-order valence-corrected chi connectivity index (χ0v) is 13.5. The molecule has 2 amide bonds. The number of nitrogens with one attached hydrogen (secondary N) is 2. The minimum absolute atomic E-state index is 0.244. The van der Waals surface area contributed by atoms with Crippen molar-refractivity contribution in [3.8, 4) is 11.5 Å². The molecule has 2 aromatic carbocycles. The molecule has 23 heavy (non-hydrogen) atoms. The van der Waals surface area contributed by atoms with Crippen molar-refractivity contribution in [2.45, 2.75) is 13.8 Å². The lowest BCUT2D eigenvalue weighted by Crippen LogP contribution is -2.32. The number of para-hydroxylation sites is 1. The zero-order chi connectivity index (χ0) is 16.5. The number of anilines is 1. The zero-order valence-electron chi connectivity index (χ0n) is 13.5. The SMILES string of the molecule is CCOc1cccc(OCCNC(=O)Nc2ccccc2C)c1. The standard InChI is InChI=1S/C18H22N2O3/c1-3-22-15-8-6-9-16(13-15)23-12-11-19-18(21)20-17-10-5-4-7-14(17)2/h4-10,13H,3,11-12H2,1-2H3,(H2,19,20,21). The van der Waals surface area contributed by atoms with Gasteiger partial charge in [-0.3, -0.25) is 0 Å². The monoisotopic (exact) mass is 314 g/mol. The number of benzene rings is 2. The first-order valence-electron chi connectivity index (χ1n) is 7.65. The lowest BCUT2D eigenvalue weighted by molar-refractivity contribution is 0.247. The van der Waals surface area contributed by atoms with Gasteiger partial charge in [0.2, 0.25) is 0 Å². The Morgan fingerprint density at radius 2 is 1.78 bits per heavy atom. The maximum absolute atomic E-state index is 11.8. The Morgan fingerprint density at radius 3 is 2.52 bits per heavy atom. The molecular formula is C18H22N2O3. The van der Waals surface area contributed by atoms with E-state index in [1.54, 1.807) is 0 Å². The van der Waals surface area contributed by atoms with Gasteiger partial charge in [-0.05, 0) is 37.6 Å². The summed E-state index contributed by atoms with van der Waals surface area (Å²) >= 11 is 0. The number of hydrogen-bond acceptors (Lipinski definition) is 3. The maximum atomic E-state index is 11.8. The van der Waals surface area contributed by atoms with Gasteiger partial charge >= 0.3 is 6.03 Å². The van der Waals surface area contributed by atoms with Gasteiger partial charge in [-0.2, -0.15) is 0 Å². The molecular weight excluding hydrogens is 292 g/mol. The highest BCUT2D eigenvalue weighted by atomic mass is 16.5. The van der Waals surface area contributed by atoms with E-state index in [1.165, 1.54) is 0 Å².